The summed E-state index contributed by atoms with van der Waals surface area (Å²) in [6.45, 7) is 6.18. The fraction of sp³-hybridized carbons (Fsp3) is 0.692. The summed E-state index contributed by atoms with van der Waals surface area (Å²) >= 11 is 1.64. The number of thiazole rings is 1. The molecule has 1 aromatic rings. The van der Waals surface area contributed by atoms with Crippen molar-refractivity contribution in [2.24, 2.45) is 5.92 Å². The second-order valence-corrected chi connectivity index (χ2v) is 5.89. The molecule has 0 saturated heterocycles. The SMILES string of the molecule is Cc1nc(CCCC(=O)NCC(O)C(C)C)cs1. The van der Waals surface area contributed by atoms with Crippen molar-refractivity contribution in [1.82, 2.24) is 10.3 Å². The molecule has 0 spiro atoms. The Labute approximate surface area is 112 Å². The van der Waals surface area contributed by atoms with Gasteiger partial charge in [0.05, 0.1) is 16.8 Å². The third kappa shape index (κ3) is 5.60. The number of nitrogens with one attached hydrogen (secondary N) is 1. The minimum absolute atomic E-state index is 0.00153. The molecule has 5 heteroatoms. The van der Waals surface area contributed by atoms with E-state index in [2.05, 4.69) is 10.3 Å². The molecule has 102 valence electrons. The van der Waals surface area contributed by atoms with Crippen LogP contribution in [0.1, 0.15) is 37.4 Å². The van der Waals surface area contributed by atoms with Crippen LogP contribution in [-0.2, 0) is 11.2 Å². The standard InChI is InChI=1S/C13H22N2O2S/c1-9(2)12(16)7-14-13(17)6-4-5-11-8-18-10(3)15-11/h8-9,12,16H,4-7H2,1-3H3,(H,14,17). The molecule has 1 atom stereocenters. The van der Waals surface area contributed by atoms with Gasteiger partial charge in [0.1, 0.15) is 0 Å². The van der Waals surface area contributed by atoms with Gasteiger partial charge in [-0.1, -0.05) is 13.8 Å². The van der Waals surface area contributed by atoms with E-state index in [1.54, 1.807) is 11.3 Å². The van der Waals surface area contributed by atoms with Gasteiger partial charge in [0.25, 0.3) is 0 Å². The summed E-state index contributed by atoms with van der Waals surface area (Å²) in [5, 5.41) is 15.4. The van der Waals surface area contributed by atoms with Crippen LogP contribution in [0.2, 0.25) is 0 Å². The quantitative estimate of drug-likeness (QED) is 0.795. The third-order valence-corrected chi connectivity index (χ3v) is 3.60. The predicted molar refractivity (Wildman–Crippen MR) is 73.6 cm³/mol. The topological polar surface area (TPSA) is 62.2 Å². The van der Waals surface area contributed by atoms with Crippen molar-refractivity contribution in [2.45, 2.75) is 46.1 Å². The van der Waals surface area contributed by atoms with Crippen molar-refractivity contribution >= 4 is 17.2 Å². The summed E-state index contributed by atoms with van der Waals surface area (Å²) in [5.74, 6) is 0.171. The molecular weight excluding hydrogens is 248 g/mol. The van der Waals surface area contributed by atoms with Crippen LogP contribution in [0.4, 0.5) is 0 Å². The summed E-state index contributed by atoms with van der Waals surface area (Å²) in [4.78, 5) is 15.9. The molecular formula is C13H22N2O2S. The molecule has 0 aliphatic carbocycles. The molecule has 2 N–H and O–H groups in total. The van der Waals surface area contributed by atoms with E-state index in [1.807, 2.05) is 26.2 Å². The Kier molecular flexibility index (Phi) is 6.29. The second kappa shape index (κ2) is 7.48. The van der Waals surface area contributed by atoms with Crippen LogP contribution < -0.4 is 5.32 Å². The maximum atomic E-state index is 11.5. The molecule has 1 unspecified atom stereocenters. The zero-order valence-electron chi connectivity index (χ0n) is 11.3. The Morgan fingerprint density at radius 2 is 2.28 bits per heavy atom. The lowest BCUT2D eigenvalue weighted by atomic mass is 10.1. The second-order valence-electron chi connectivity index (χ2n) is 4.83. The van der Waals surface area contributed by atoms with Crippen LogP contribution in [-0.4, -0.2) is 28.6 Å². The highest BCUT2D eigenvalue weighted by Crippen LogP contribution is 2.10. The van der Waals surface area contributed by atoms with Gasteiger partial charge < -0.3 is 10.4 Å². The van der Waals surface area contributed by atoms with Crippen LogP contribution in [0.15, 0.2) is 5.38 Å². The summed E-state index contributed by atoms with van der Waals surface area (Å²) in [6.07, 6.45) is 1.66. The van der Waals surface area contributed by atoms with Gasteiger partial charge in [-0.3, -0.25) is 4.79 Å². The number of hydrogen-bond donors (Lipinski definition) is 2. The average molecular weight is 270 g/mol. The lowest BCUT2D eigenvalue weighted by molar-refractivity contribution is -0.121. The molecule has 1 aromatic heterocycles. The average Bonchev–Trinajstić information content (AvgIpc) is 2.71. The Balaban J connectivity index is 2.14. The molecule has 0 saturated carbocycles. The van der Waals surface area contributed by atoms with Crippen LogP contribution in [0, 0.1) is 12.8 Å². The highest BCUT2D eigenvalue weighted by atomic mass is 32.1. The monoisotopic (exact) mass is 270 g/mol. The number of aromatic nitrogens is 1. The number of aryl methyl sites for hydroxylation is 2. The number of amides is 1. The van der Waals surface area contributed by atoms with Crippen LogP contribution in [0.25, 0.3) is 0 Å². The summed E-state index contributed by atoms with van der Waals surface area (Å²) in [5.41, 5.74) is 1.06. The van der Waals surface area contributed by atoms with E-state index in [0.717, 1.165) is 23.5 Å². The fourth-order valence-electron chi connectivity index (χ4n) is 1.50. The Hall–Kier alpha value is -0.940. The normalized spacial score (nSPS) is 12.7. The maximum absolute atomic E-state index is 11.5. The molecule has 0 fully saturated rings. The first-order valence-corrected chi connectivity index (χ1v) is 7.22. The number of rotatable bonds is 7. The molecule has 1 rings (SSSR count). The molecule has 1 amide bonds. The van der Waals surface area contributed by atoms with Gasteiger partial charge in [-0.2, -0.15) is 0 Å². The van der Waals surface area contributed by atoms with Gasteiger partial charge >= 0.3 is 0 Å². The van der Waals surface area contributed by atoms with Crippen molar-refractivity contribution in [3.8, 4) is 0 Å². The number of carbonyl (C=O) groups is 1. The highest BCUT2D eigenvalue weighted by Gasteiger charge is 2.10. The first-order valence-electron chi connectivity index (χ1n) is 6.34. The Morgan fingerprint density at radius 3 is 2.83 bits per heavy atom. The number of aliphatic hydroxyl groups excluding tert-OH is 1. The zero-order chi connectivity index (χ0) is 13.5. The van der Waals surface area contributed by atoms with Crippen molar-refractivity contribution < 1.29 is 9.90 Å². The van der Waals surface area contributed by atoms with E-state index in [1.165, 1.54) is 0 Å². The number of nitrogens with zero attached hydrogens (tertiary/aromatic N) is 1. The molecule has 0 aliphatic heterocycles. The molecule has 4 nitrogen and oxygen atoms in total. The first kappa shape index (κ1) is 15.1. The van der Waals surface area contributed by atoms with E-state index in [0.29, 0.717) is 13.0 Å². The number of hydrogen-bond acceptors (Lipinski definition) is 4. The van der Waals surface area contributed by atoms with E-state index < -0.39 is 6.10 Å². The summed E-state index contributed by atoms with van der Waals surface area (Å²) in [7, 11) is 0. The smallest absolute Gasteiger partial charge is 0.220 e. The van der Waals surface area contributed by atoms with Crippen molar-refractivity contribution in [3.63, 3.8) is 0 Å². The van der Waals surface area contributed by atoms with Crippen LogP contribution in [0.3, 0.4) is 0 Å². The lowest BCUT2D eigenvalue weighted by Gasteiger charge is -2.14. The van der Waals surface area contributed by atoms with E-state index in [4.69, 9.17) is 0 Å². The molecule has 0 bridgehead atoms. The van der Waals surface area contributed by atoms with Crippen molar-refractivity contribution in [2.75, 3.05) is 6.54 Å². The van der Waals surface area contributed by atoms with Gasteiger partial charge in [0.2, 0.25) is 5.91 Å². The maximum Gasteiger partial charge on any atom is 0.220 e. The first-order chi connectivity index (χ1) is 8.49. The third-order valence-electron chi connectivity index (χ3n) is 2.78. The van der Waals surface area contributed by atoms with E-state index in [9.17, 15) is 9.90 Å². The molecule has 1 heterocycles. The van der Waals surface area contributed by atoms with Gasteiger partial charge in [-0.05, 0) is 25.7 Å². The molecule has 0 aliphatic rings. The van der Waals surface area contributed by atoms with Gasteiger partial charge in [-0.25, -0.2) is 4.98 Å². The highest BCUT2D eigenvalue weighted by molar-refractivity contribution is 7.09. The minimum atomic E-state index is -0.463. The fourth-order valence-corrected chi connectivity index (χ4v) is 2.14. The molecule has 0 radical (unpaired) electrons. The van der Waals surface area contributed by atoms with Crippen LogP contribution >= 0.6 is 11.3 Å². The van der Waals surface area contributed by atoms with Crippen molar-refractivity contribution in [1.29, 1.82) is 0 Å². The van der Waals surface area contributed by atoms with Crippen LogP contribution in [0.5, 0.6) is 0 Å². The molecule has 0 aromatic carbocycles. The summed E-state index contributed by atoms with van der Waals surface area (Å²) in [6, 6.07) is 0. The van der Waals surface area contributed by atoms with E-state index in [-0.39, 0.29) is 11.8 Å². The zero-order valence-corrected chi connectivity index (χ0v) is 12.1. The Morgan fingerprint density at radius 1 is 1.56 bits per heavy atom. The molecule has 18 heavy (non-hydrogen) atoms. The van der Waals surface area contributed by atoms with Crippen molar-refractivity contribution in [3.05, 3.63) is 16.1 Å². The Bertz CT molecular complexity index is 377. The summed E-state index contributed by atoms with van der Waals surface area (Å²) < 4.78 is 0. The lowest BCUT2D eigenvalue weighted by Crippen LogP contribution is -2.34. The predicted octanol–water partition coefficient (Wildman–Crippen LogP) is 1.91. The van der Waals surface area contributed by atoms with Gasteiger partial charge in [0.15, 0.2) is 0 Å². The largest absolute Gasteiger partial charge is 0.391 e. The van der Waals surface area contributed by atoms with Gasteiger partial charge in [0, 0.05) is 18.3 Å². The van der Waals surface area contributed by atoms with Gasteiger partial charge in [-0.15, -0.1) is 11.3 Å². The van der Waals surface area contributed by atoms with E-state index >= 15 is 0 Å². The number of carbonyl (C=O) groups excluding carboxylic acids is 1. The minimum Gasteiger partial charge on any atom is -0.391 e. The number of aliphatic hydroxyl groups is 1.